The fraction of sp³-hybridized carbons (Fsp3) is 0. The van der Waals surface area contributed by atoms with Gasteiger partial charge >= 0.3 is 0 Å². The van der Waals surface area contributed by atoms with E-state index < -0.39 is 241 Å². The molecule has 2 aliphatic rings. The van der Waals surface area contributed by atoms with Crippen molar-refractivity contribution in [2.45, 2.75) is 4.90 Å². The fourth-order valence-corrected chi connectivity index (χ4v) is 8.53. The van der Waals surface area contributed by atoms with Gasteiger partial charge in [0.1, 0.15) is 33.8 Å². The Hall–Kier alpha value is -6.63. The van der Waals surface area contributed by atoms with Crippen molar-refractivity contribution in [2.24, 2.45) is 0 Å². The highest BCUT2D eigenvalue weighted by Crippen LogP contribution is 2.47. The van der Waals surface area contributed by atoms with Crippen LogP contribution in [0, 0.1) is 0 Å². The van der Waals surface area contributed by atoms with Gasteiger partial charge in [-0.2, -0.15) is 11.6 Å². The van der Waals surface area contributed by atoms with E-state index in [1.165, 1.54) is 0 Å². The minimum absolute atomic E-state index is 0.178. The molecule has 3 aromatic heterocycles. The molecule has 0 unspecified atom stereocenters. The molecule has 54 heavy (non-hydrogen) atoms. The molecular weight excluding hydrogens is 681 g/mol. The van der Waals surface area contributed by atoms with Gasteiger partial charge < -0.3 is 18.1 Å². The first-order valence-corrected chi connectivity index (χ1v) is 17.0. The number of ether oxygens (including phenoxy) is 1. The minimum Gasteiger partial charge on any atom is -0.458 e. The van der Waals surface area contributed by atoms with Crippen LogP contribution >= 0.6 is 11.6 Å². The van der Waals surface area contributed by atoms with Gasteiger partial charge in [-0.25, -0.2) is 0 Å². The maximum absolute atomic E-state index is 10.1. The van der Waals surface area contributed by atoms with Gasteiger partial charge in [-0.15, -0.1) is 0 Å². The molecule has 0 atom stereocenters. The summed E-state index contributed by atoms with van der Waals surface area (Å²) in [6.07, 6.45) is 0. The van der Waals surface area contributed by atoms with E-state index >= 15 is 0 Å². The molecule has 6 heteroatoms. The van der Waals surface area contributed by atoms with Crippen LogP contribution in [0.4, 0.5) is 0 Å². The highest BCUT2D eigenvalue weighted by atomic mass is 32.2. The first-order chi connectivity index (χ1) is 37.6. The number of furan rings is 2. The van der Waals surface area contributed by atoms with Crippen LogP contribution < -0.4 is 15.7 Å². The molecule has 0 radical (unpaired) electrons. The second-order valence-electron chi connectivity index (χ2n) is 12.3. The zero-order valence-corrected chi connectivity index (χ0v) is 27.5. The van der Waals surface area contributed by atoms with Crippen LogP contribution in [0.3, 0.4) is 0 Å². The van der Waals surface area contributed by atoms with Crippen molar-refractivity contribution in [3.8, 4) is 39.4 Å². The first kappa shape index (κ1) is 14.0. The van der Waals surface area contributed by atoms with E-state index in [-0.39, 0.29) is 43.1 Å². The quantitative estimate of drug-likeness (QED) is 0.166. The molecule has 0 aliphatic carbocycles. The molecule has 0 spiro atoms. The van der Waals surface area contributed by atoms with E-state index in [4.69, 9.17) is 36.9 Å². The average molecular weight is 734 g/mol. The van der Waals surface area contributed by atoms with Crippen LogP contribution in [-0.4, -0.2) is 10.6 Å². The second kappa shape index (κ2) is 10.5. The largest absolute Gasteiger partial charge is 0.458 e. The number of benzene rings is 8. The lowest BCUT2D eigenvalue weighted by Crippen LogP contribution is -2.46. The fourth-order valence-electron chi connectivity index (χ4n) is 7.28. The summed E-state index contributed by atoms with van der Waals surface area (Å²) in [5, 5.41) is -2.13. The lowest BCUT2D eigenvalue weighted by atomic mass is 9.57. The molecule has 0 bridgehead atoms. The van der Waals surface area contributed by atoms with E-state index in [0.29, 0.717) is 11.6 Å². The number of para-hydroxylation sites is 4. The van der Waals surface area contributed by atoms with Gasteiger partial charge in [0.05, 0.1) is 52.1 Å². The Morgan fingerprint density at radius 3 is 2.11 bits per heavy atom. The SMILES string of the molecule is [2H]c1c([2H])c([2H])c2c(c1[2H])SB1c3c([2H])c([2H])c(-n4c5c([2H])c([2H])c([2H])c([2H])c5c5c([2H])c([2H])c([2H])c([2H])c54)c([2H])c3Oc3c([2H])c(-c4c([2H])c([2H])c([2H])c5c4oc4c5c([2H])c([2H])c5oc6c([2H])c([2H])c([2H])c([2H])c6c54)c([2H])c-2c31. The predicted molar refractivity (Wildman–Crippen MR) is 224 cm³/mol. The highest BCUT2D eigenvalue weighted by molar-refractivity contribution is 8.28. The number of hydrogen-bond acceptors (Lipinski definition) is 4. The number of nitrogens with zero attached hydrogens (tertiary/aromatic N) is 1. The molecule has 0 saturated heterocycles. The summed E-state index contributed by atoms with van der Waals surface area (Å²) in [5.74, 6) is -2.67. The monoisotopic (exact) mass is 733 g/mol. The van der Waals surface area contributed by atoms with Crippen LogP contribution in [0.25, 0.3) is 93.6 Å². The van der Waals surface area contributed by atoms with Crippen molar-refractivity contribution in [3.63, 3.8) is 0 Å². The molecule has 0 saturated carbocycles. The van der Waals surface area contributed by atoms with Crippen molar-refractivity contribution in [1.29, 1.82) is 0 Å². The Morgan fingerprint density at radius 1 is 0.519 bits per heavy atom. The standard InChI is InChI=1S/C48H26BNO3S/c1-5-16-38-30(10-1)31-11-2-6-17-39(31)50(38)28-20-22-37-42(26-28)52-43-25-27(24-36-32-12-4-8-19-44(32)54-49(37)46(36)43)29-14-9-15-33-34-21-23-41-45(48(34)53-47(29)33)35-13-3-7-18-40(35)51-41/h1-26H/i1D,2D,3D,4D,5D,6D,7D,8D,9D,10D,11D,12D,13D,14D,15D,16D,17D,18D,19D,20D,21D,22D,23D,24D,25D,26D. The highest BCUT2D eigenvalue weighted by Gasteiger charge is 2.39. The number of rotatable bonds is 2. The maximum Gasteiger partial charge on any atom is 0.289 e. The van der Waals surface area contributed by atoms with E-state index in [1.54, 1.807) is 0 Å². The van der Waals surface area contributed by atoms with Gasteiger partial charge in [0, 0.05) is 49.1 Å². The zero-order valence-electron chi connectivity index (χ0n) is 52.7. The van der Waals surface area contributed by atoms with E-state index in [1.807, 2.05) is 0 Å². The van der Waals surface area contributed by atoms with Crippen molar-refractivity contribution < 1.29 is 49.2 Å². The van der Waals surface area contributed by atoms with Crippen molar-refractivity contribution >= 4 is 94.2 Å². The van der Waals surface area contributed by atoms with Gasteiger partial charge in [-0.3, -0.25) is 0 Å². The van der Waals surface area contributed by atoms with Gasteiger partial charge in [-0.1, -0.05) is 96.7 Å². The molecule has 4 nitrogen and oxygen atoms in total. The average Bonchev–Trinajstić information content (AvgIpc) is 3.55. The van der Waals surface area contributed by atoms with E-state index in [9.17, 15) is 12.3 Å². The van der Waals surface area contributed by atoms with Crippen LogP contribution in [0.1, 0.15) is 35.6 Å². The van der Waals surface area contributed by atoms with Crippen molar-refractivity contribution in [3.05, 3.63) is 157 Å². The summed E-state index contributed by atoms with van der Waals surface area (Å²) in [6, 6.07) is -19.5. The van der Waals surface area contributed by atoms with Crippen LogP contribution in [-0.2, 0) is 0 Å². The Morgan fingerprint density at radius 2 is 1.24 bits per heavy atom. The van der Waals surface area contributed by atoms with Gasteiger partial charge in [0.2, 0.25) is 0 Å². The maximum atomic E-state index is 10.1. The molecule has 0 fully saturated rings. The van der Waals surface area contributed by atoms with Gasteiger partial charge in [0.25, 0.3) is 5.99 Å². The lowest BCUT2D eigenvalue weighted by Gasteiger charge is -2.33. The van der Waals surface area contributed by atoms with Crippen LogP contribution in [0.2, 0.25) is 0 Å². The van der Waals surface area contributed by atoms with Crippen LogP contribution in [0.5, 0.6) is 11.5 Å². The molecule has 8 aromatic carbocycles. The lowest BCUT2D eigenvalue weighted by molar-refractivity contribution is 0.488. The Balaban J connectivity index is 1.19. The van der Waals surface area contributed by atoms with Crippen molar-refractivity contribution in [1.82, 2.24) is 4.57 Å². The van der Waals surface area contributed by atoms with Gasteiger partial charge in [0.15, 0.2) is 0 Å². The molecule has 0 N–H and O–H groups in total. The second-order valence-corrected chi connectivity index (χ2v) is 13.4. The topological polar surface area (TPSA) is 40.4 Å². The third-order valence-corrected chi connectivity index (χ3v) is 10.8. The number of hydrogen-bond donors (Lipinski definition) is 0. The molecule has 250 valence electrons. The summed E-state index contributed by atoms with van der Waals surface area (Å²) >= 11 is 0.706. The van der Waals surface area contributed by atoms with E-state index in [0.717, 1.165) is 4.57 Å². The molecule has 11 aromatic rings. The summed E-state index contributed by atoms with van der Waals surface area (Å²) in [7, 11) is 0. The van der Waals surface area contributed by atoms with E-state index in [2.05, 4.69) is 0 Å². The number of fused-ring (bicyclic) bond motifs is 14. The van der Waals surface area contributed by atoms with Gasteiger partial charge in [-0.05, 0) is 82.0 Å². The summed E-state index contributed by atoms with van der Waals surface area (Å²) in [4.78, 5) is -0.219. The summed E-state index contributed by atoms with van der Waals surface area (Å²) in [6.45, 7) is 0. The summed E-state index contributed by atoms with van der Waals surface area (Å²) in [5.41, 5.74) is -5.92. The zero-order chi connectivity index (χ0) is 57.7. The molecular formula is C48H26BNO3S. The van der Waals surface area contributed by atoms with Crippen molar-refractivity contribution in [2.75, 3.05) is 0 Å². The molecule has 2 aliphatic heterocycles. The third kappa shape index (κ3) is 3.80. The Labute approximate surface area is 349 Å². The number of aromatic nitrogens is 1. The molecule has 5 heterocycles. The first-order valence-electron chi connectivity index (χ1n) is 29.2. The Bertz CT molecular complexity index is 4860. The third-order valence-electron chi connectivity index (χ3n) is 9.54. The smallest absolute Gasteiger partial charge is 0.289 e. The predicted octanol–water partition coefficient (Wildman–Crippen LogP) is 12.2. The molecule has 13 rings (SSSR count). The Kier molecular flexibility index (Phi) is 2.72. The van der Waals surface area contributed by atoms with Crippen LogP contribution in [0.15, 0.2) is 171 Å². The summed E-state index contributed by atoms with van der Waals surface area (Å²) < 4.78 is 255. The normalized spacial score (nSPS) is 20.0. The molecule has 0 amide bonds. The minimum atomic E-state index is -1.47.